The third kappa shape index (κ3) is 2.71. The molecule has 1 aliphatic heterocycles. The monoisotopic (exact) mass is 197 g/mol. The maximum absolute atomic E-state index is 5.19. The van der Waals surface area contributed by atoms with Crippen molar-refractivity contribution < 1.29 is 4.74 Å². The normalized spacial score (nSPS) is 33.4. The molecule has 1 aliphatic carbocycles. The zero-order chi connectivity index (χ0) is 10.0. The molecule has 14 heavy (non-hydrogen) atoms. The third-order valence-electron chi connectivity index (χ3n) is 3.69. The molecule has 0 aromatic rings. The Kier molecular flexibility index (Phi) is 3.13. The Morgan fingerprint density at radius 2 is 1.86 bits per heavy atom. The molecule has 1 heterocycles. The zero-order valence-electron chi connectivity index (χ0n) is 9.51. The molecular weight excluding hydrogens is 174 g/mol. The van der Waals surface area contributed by atoms with Crippen LogP contribution in [0, 0.1) is 5.41 Å². The molecule has 1 unspecified atom stereocenters. The van der Waals surface area contributed by atoms with Crippen LogP contribution in [0.25, 0.3) is 0 Å². The minimum atomic E-state index is 0.576. The van der Waals surface area contributed by atoms with Crippen molar-refractivity contribution in [1.82, 2.24) is 5.32 Å². The molecule has 2 heteroatoms. The third-order valence-corrected chi connectivity index (χ3v) is 3.69. The van der Waals surface area contributed by atoms with Crippen LogP contribution in [0.2, 0.25) is 0 Å². The summed E-state index contributed by atoms with van der Waals surface area (Å²) in [5.74, 6) is 0. The van der Waals surface area contributed by atoms with Gasteiger partial charge in [0.2, 0.25) is 0 Å². The lowest BCUT2D eigenvalue weighted by molar-refractivity contribution is -0.0108. The highest BCUT2D eigenvalue weighted by molar-refractivity contribution is 4.83. The average Bonchev–Trinajstić information content (AvgIpc) is 2.20. The molecule has 82 valence electrons. The highest BCUT2D eigenvalue weighted by Gasteiger charge is 2.27. The second kappa shape index (κ2) is 4.19. The topological polar surface area (TPSA) is 21.3 Å². The van der Waals surface area contributed by atoms with Crippen molar-refractivity contribution in [3.63, 3.8) is 0 Å². The maximum atomic E-state index is 5.19. The van der Waals surface area contributed by atoms with Crippen molar-refractivity contribution in [3.8, 4) is 0 Å². The largest absolute Gasteiger partial charge is 0.378 e. The number of rotatable bonds is 2. The number of hydrogen-bond donors (Lipinski definition) is 1. The van der Waals surface area contributed by atoms with E-state index in [1.807, 2.05) is 0 Å². The Morgan fingerprint density at radius 1 is 1.07 bits per heavy atom. The lowest BCUT2D eigenvalue weighted by Crippen LogP contribution is -2.50. The van der Waals surface area contributed by atoms with Crippen molar-refractivity contribution in [2.75, 3.05) is 13.2 Å². The van der Waals surface area contributed by atoms with E-state index in [1.54, 1.807) is 0 Å². The molecule has 1 atom stereocenters. The molecule has 0 spiro atoms. The van der Waals surface area contributed by atoms with E-state index >= 15 is 0 Å². The molecule has 2 fully saturated rings. The van der Waals surface area contributed by atoms with Crippen molar-refractivity contribution in [3.05, 3.63) is 0 Å². The second-order valence-electron chi connectivity index (χ2n) is 5.69. The SMILES string of the molecule is CC1(C)CCCC(NC2COC2)CC1. The molecule has 0 radical (unpaired) electrons. The Hall–Kier alpha value is -0.0800. The fraction of sp³-hybridized carbons (Fsp3) is 1.00. The van der Waals surface area contributed by atoms with Gasteiger partial charge in [-0.15, -0.1) is 0 Å². The summed E-state index contributed by atoms with van der Waals surface area (Å²) < 4.78 is 5.19. The molecule has 2 aliphatic rings. The van der Waals surface area contributed by atoms with Crippen LogP contribution in [0.3, 0.4) is 0 Å². The Morgan fingerprint density at radius 3 is 2.50 bits per heavy atom. The number of nitrogens with one attached hydrogen (secondary N) is 1. The number of hydrogen-bond acceptors (Lipinski definition) is 2. The van der Waals surface area contributed by atoms with Crippen LogP contribution in [0.5, 0.6) is 0 Å². The van der Waals surface area contributed by atoms with E-state index in [4.69, 9.17) is 4.74 Å². The van der Waals surface area contributed by atoms with Crippen molar-refractivity contribution in [2.24, 2.45) is 5.41 Å². The van der Waals surface area contributed by atoms with Gasteiger partial charge in [-0.3, -0.25) is 0 Å². The van der Waals surface area contributed by atoms with Crippen LogP contribution in [-0.2, 0) is 4.74 Å². The molecule has 0 amide bonds. The van der Waals surface area contributed by atoms with Gasteiger partial charge in [0, 0.05) is 6.04 Å². The molecule has 2 rings (SSSR count). The first kappa shape index (κ1) is 10.4. The summed E-state index contributed by atoms with van der Waals surface area (Å²) in [7, 11) is 0. The highest BCUT2D eigenvalue weighted by atomic mass is 16.5. The van der Waals surface area contributed by atoms with E-state index in [9.17, 15) is 0 Å². The summed E-state index contributed by atoms with van der Waals surface area (Å²) in [4.78, 5) is 0. The number of ether oxygens (including phenoxy) is 1. The Labute approximate surface area is 87.4 Å². The standard InChI is InChI=1S/C12H23NO/c1-12(2)6-3-4-10(5-7-12)13-11-8-14-9-11/h10-11,13H,3-9H2,1-2H3. The lowest BCUT2D eigenvalue weighted by atomic mass is 9.85. The van der Waals surface area contributed by atoms with Gasteiger partial charge in [0.1, 0.15) is 0 Å². The molecule has 2 nitrogen and oxygen atoms in total. The minimum Gasteiger partial charge on any atom is -0.378 e. The van der Waals surface area contributed by atoms with E-state index in [1.165, 1.54) is 32.1 Å². The Balaban J connectivity index is 1.76. The smallest absolute Gasteiger partial charge is 0.0643 e. The first-order valence-electron chi connectivity index (χ1n) is 5.99. The lowest BCUT2D eigenvalue weighted by Gasteiger charge is -2.31. The van der Waals surface area contributed by atoms with E-state index in [0.717, 1.165) is 19.3 Å². The summed E-state index contributed by atoms with van der Waals surface area (Å²) in [6.45, 7) is 6.67. The van der Waals surface area contributed by atoms with Gasteiger partial charge in [0.25, 0.3) is 0 Å². The van der Waals surface area contributed by atoms with Crippen LogP contribution in [0.15, 0.2) is 0 Å². The van der Waals surface area contributed by atoms with E-state index in [0.29, 0.717) is 11.5 Å². The van der Waals surface area contributed by atoms with Gasteiger partial charge in [-0.1, -0.05) is 20.3 Å². The van der Waals surface area contributed by atoms with Gasteiger partial charge < -0.3 is 10.1 Å². The van der Waals surface area contributed by atoms with Gasteiger partial charge in [-0.25, -0.2) is 0 Å². The molecule has 1 saturated carbocycles. The highest BCUT2D eigenvalue weighted by Crippen LogP contribution is 2.33. The van der Waals surface area contributed by atoms with Crippen molar-refractivity contribution >= 4 is 0 Å². The maximum Gasteiger partial charge on any atom is 0.0643 e. The van der Waals surface area contributed by atoms with Crippen LogP contribution >= 0.6 is 0 Å². The first-order chi connectivity index (χ1) is 6.66. The van der Waals surface area contributed by atoms with Crippen LogP contribution in [0.4, 0.5) is 0 Å². The average molecular weight is 197 g/mol. The summed E-state index contributed by atoms with van der Waals surface area (Å²) in [6, 6.07) is 1.41. The summed E-state index contributed by atoms with van der Waals surface area (Å²) in [5.41, 5.74) is 0.576. The molecule has 0 bridgehead atoms. The predicted molar refractivity (Wildman–Crippen MR) is 58.4 cm³/mol. The van der Waals surface area contributed by atoms with Gasteiger partial charge in [-0.2, -0.15) is 0 Å². The minimum absolute atomic E-state index is 0.576. The summed E-state index contributed by atoms with van der Waals surface area (Å²) in [5, 5.41) is 3.71. The second-order valence-corrected chi connectivity index (χ2v) is 5.69. The van der Waals surface area contributed by atoms with Crippen molar-refractivity contribution in [1.29, 1.82) is 0 Å². The fourth-order valence-corrected chi connectivity index (χ4v) is 2.49. The zero-order valence-corrected chi connectivity index (χ0v) is 9.51. The van der Waals surface area contributed by atoms with Crippen molar-refractivity contribution in [2.45, 2.75) is 58.0 Å². The molecular formula is C12H23NO. The first-order valence-corrected chi connectivity index (χ1v) is 5.99. The van der Waals surface area contributed by atoms with Crippen LogP contribution in [-0.4, -0.2) is 25.3 Å². The summed E-state index contributed by atoms with van der Waals surface area (Å²) >= 11 is 0. The molecule has 1 saturated heterocycles. The molecule has 1 N–H and O–H groups in total. The van der Waals surface area contributed by atoms with E-state index < -0.39 is 0 Å². The van der Waals surface area contributed by atoms with Gasteiger partial charge in [0.05, 0.1) is 19.3 Å². The van der Waals surface area contributed by atoms with Gasteiger partial charge >= 0.3 is 0 Å². The molecule has 0 aromatic heterocycles. The van der Waals surface area contributed by atoms with E-state index in [2.05, 4.69) is 19.2 Å². The van der Waals surface area contributed by atoms with Gasteiger partial charge in [0.15, 0.2) is 0 Å². The predicted octanol–water partition coefficient (Wildman–Crippen LogP) is 2.33. The van der Waals surface area contributed by atoms with Crippen LogP contribution in [0.1, 0.15) is 46.0 Å². The Bertz CT molecular complexity index is 187. The van der Waals surface area contributed by atoms with Gasteiger partial charge in [-0.05, 0) is 31.1 Å². The molecule has 0 aromatic carbocycles. The quantitative estimate of drug-likeness (QED) is 0.686. The van der Waals surface area contributed by atoms with E-state index in [-0.39, 0.29) is 0 Å². The van der Waals surface area contributed by atoms with Crippen LogP contribution < -0.4 is 5.32 Å². The summed E-state index contributed by atoms with van der Waals surface area (Å²) in [6.07, 6.45) is 6.87. The fourth-order valence-electron chi connectivity index (χ4n) is 2.49.